The molecule has 1 aromatic carbocycles. The van der Waals surface area contributed by atoms with E-state index in [2.05, 4.69) is 0 Å². The molecule has 2 aromatic rings. The molecule has 0 aliphatic carbocycles. The van der Waals surface area contributed by atoms with E-state index in [9.17, 15) is 14.7 Å². The summed E-state index contributed by atoms with van der Waals surface area (Å²) in [5, 5.41) is 12.9. The van der Waals surface area contributed by atoms with E-state index in [1.54, 1.807) is 30.2 Å². The number of Topliss-reactive ketones (excluding diaryl/α,β-unsaturated/α-hetero) is 1. The Morgan fingerprint density at radius 3 is 2.61 bits per heavy atom. The maximum atomic E-state index is 12.8. The molecule has 1 aromatic heterocycles. The SMILES string of the molecule is COc1ccc(C(O)=C2C(=O)C(=O)N(CCN(C)C)[C@@H]2c2cccs2)cc1C. The highest BCUT2D eigenvalue weighted by molar-refractivity contribution is 7.10. The Hall–Kier alpha value is -2.64. The van der Waals surface area contributed by atoms with Crippen LogP contribution in [0, 0.1) is 6.92 Å². The van der Waals surface area contributed by atoms with Gasteiger partial charge in [-0.05, 0) is 56.2 Å². The fraction of sp³-hybridized carbons (Fsp3) is 0.333. The standard InChI is InChI=1S/C21H24N2O4S/c1-13-12-14(7-8-15(13)27-4)19(24)17-18(16-6-5-11-28-16)23(10-9-22(2)3)21(26)20(17)25/h5-8,11-12,18,24H,9-10H2,1-4H3/t18-/m1/s1. The van der Waals surface area contributed by atoms with Crippen LogP contribution in [0.4, 0.5) is 0 Å². The number of ketones is 1. The molecule has 0 bridgehead atoms. The largest absolute Gasteiger partial charge is 0.507 e. The third-order valence-corrected chi connectivity index (χ3v) is 5.73. The Balaban J connectivity index is 2.10. The van der Waals surface area contributed by atoms with Crippen molar-refractivity contribution in [3.63, 3.8) is 0 Å². The molecule has 1 saturated heterocycles. The fourth-order valence-electron chi connectivity index (χ4n) is 3.34. The molecule has 1 amide bonds. The molecular formula is C21H24N2O4S. The maximum Gasteiger partial charge on any atom is 0.295 e. The highest BCUT2D eigenvalue weighted by atomic mass is 32.1. The lowest BCUT2D eigenvalue weighted by Crippen LogP contribution is -2.35. The summed E-state index contributed by atoms with van der Waals surface area (Å²) < 4.78 is 5.26. The summed E-state index contributed by atoms with van der Waals surface area (Å²) in [5.74, 6) is -0.692. The van der Waals surface area contributed by atoms with Crippen molar-refractivity contribution in [3.8, 4) is 5.75 Å². The molecule has 0 radical (unpaired) electrons. The maximum absolute atomic E-state index is 12.8. The average Bonchev–Trinajstić information content (AvgIpc) is 3.27. The highest BCUT2D eigenvalue weighted by Gasteiger charge is 2.46. The monoisotopic (exact) mass is 400 g/mol. The summed E-state index contributed by atoms with van der Waals surface area (Å²) in [6.45, 7) is 2.89. The van der Waals surface area contributed by atoms with Crippen LogP contribution in [0.3, 0.4) is 0 Å². The zero-order valence-corrected chi connectivity index (χ0v) is 17.2. The predicted octanol–water partition coefficient (Wildman–Crippen LogP) is 3.05. The van der Waals surface area contributed by atoms with Gasteiger partial charge in [-0.2, -0.15) is 0 Å². The predicted molar refractivity (Wildman–Crippen MR) is 110 cm³/mol. The van der Waals surface area contributed by atoms with Gasteiger partial charge in [0.15, 0.2) is 0 Å². The number of likely N-dealkylation sites (tertiary alicyclic amines) is 1. The van der Waals surface area contributed by atoms with Gasteiger partial charge in [0.05, 0.1) is 18.7 Å². The molecule has 6 nitrogen and oxygen atoms in total. The van der Waals surface area contributed by atoms with E-state index in [-0.39, 0.29) is 11.3 Å². The third kappa shape index (κ3) is 3.68. The minimum atomic E-state index is -0.650. The van der Waals surface area contributed by atoms with E-state index in [1.165, 1.54) is 11.3 Å². The Bertz CT molecular complexity index is 918. The van der Waals surface area contributed by atoms with Crippen molar-refractivity contribution in [2.45, 2.75) is 13.0 Å². The second kappa shape index (κ2) is 8.16. The number of thiophene rings is 1. The number of aryl methyl sites for hydroxylation is 1. The van der Waals surface area contributed by atoms with Crippen LogP contribution in [0.1, 0.15) is 22.0 Å². The van der Waals surface area contributed by atoms with E-state index in [0.29, 0.717) is 24.4 Å². The van der Waals surface area contributed by atoms with Gasteiger partial charge in [0.25, 0.3) is 11.7 Å². The van der Waals surface area contributed by atoms with Gasteiger partial charge in [0.1, 0.15) is 11.5 Å². The van der Waals surface area contributed by atoms with E-state index in [4.69, 9.17) is 4.74 Å². The van der Waals surface area contributed by atoms with Gasteiger partial charge >= 0.3 is 0 Å². The molecule has 0 saturated carbocycles. The molecular weight excluding hydrogens is 376 g/mol. The summed E-state index contributed by atoms with van der Waals surface area (Å²) in [7, 11) is 5.41. The van der Waals surface area contributed by atoms with Gasteiger partial charge in [-0.3, -0.25) is 9.59 Å². The van der Waals surface area contributed by atoms with Gasteiger partial charge < -0.3 is 19.6 Å². The van der Waals surface area contributed by atoms with Gasteiger partial charge in [-0.25, -0.2) is 0 Å². The number of hydrogen-bond acceptors (Lipinski definition) is 6. The number of methoxy groups -OCH3 is 1. The fourth-order valence-corrected chi connectivity index (χ4v) is 4.19. The van der Waals surface area contributed by atoms with Gasteiger partial charge in [0, 0.05) is 23.5 Å². The second-order valence-electron chi connectivity index (χ2n) is 7.00. The molecule has 0 spiro atoms. The van der Waals surface area contributed by atoms with Crippen molar-refractivity contribution in [3.05, 3.63) is 57.3 Å². The van der Waals surface area contributed by atoms with Crippen LogP contribution in [-0.4, -0.2) is 60.9 Å². The number of aliphatic hydroxyl groups is 1. The summed E-state index contributed by atoms with van der Waals surface area (Å²) in [5.41, 5.74) is 1.46. The van der Waals surface area contributed by atoms with Crippen LogP contribution in [0.5, 0.6) is 5.75 Å². The van der Waals surface area contributed by atoms with Crippen molar-refractivity contribution >= 4 is 28.8 Å². The number of likely N-dealkylation sites (N-methyl/N-ethyl adjacent to an activating group) is 1. The molecule has 0 unspecified atom stereocenters. The first-order valence-corrected chi connectivity index (χ1v) is 9.84. The first kappa shape index (κ1) is 20.1. The lowest BCUT2D eigenvalue weighted by molar-refractivity contribution is -0.140. The minimum absolute atomic E-state index is 0.135. The zero-order valence-electron chi connectivity index (χ0n) is 16.4. The lowest BCUT2D eigenvalue weighted by Gasteiger charge is -2.25. The first-order chi connectivity index (χ1) is 13.3. The molecule has 2 heterocycles. The van der Waals surface area contributed by atoms with Gasteiger partial charge in [-0.1, -0.05) is 6.07 Å². The average molecular weight is 401 g/mol. The van der Waals surface area contributed by atoms with Crippen molar-refractivity contribution < 1.29 is 19.4 Å². The number of ether oxygens (including phenoxy) is 1. The van der Waals surface area contributed by atoms with Crippen molar-refractivity contribution in [1.29, 1.82) is 0 Å². The van der Waals surface area contributed by atoms with Crippen LogP contribution >= 0.6 is 11.3 Å². The van der Waals surface area contributed by atoms with E-state index in [0.717, 1.165) is 10.4 Å². The van der Waals surface area contributed by atoms with Gasteiger partial charge in [0.2, 0.25) is 0 Å². The van der Waals surface area contributed by atoms with Crippen LogP contribution in [-0.2, 0) is 9.59 Å². The normalized spacial score (nSPS) is 18.9. The number of rotatable bonds is 6. The number of nitrogens with zero attached hydrogens (tertiary/aromatic N) is 2. The van der Waals surface area contributed by atoms with Crippen LogP contribution < -0.4 is 4.74 Å². The summed E-state index contributed by atoms with van der Waals surface area (Å²) in [4.78, 5) is 29.9. The molecule has 1 aliphatic rings. The Kier molecular flexibility index (Phi) is 5.86. The van der Waals surface area contributed by atoms with Crippen LogP contribution in [0.2, 0.25) is 0 Å². The highest BCUT2D eigenvalue weighted by Crippen LogP contribution is 2.41. The van der Waals surface area contributed by atoms with E-state index in [1.807, 2.05) is 43.4 Å². The molecule has 3 rings (SSSR count). The Morgan fingerprint density at radius 1 is 1.29 bits per heavy atom. The van der Waals surface area contributed by atoms with Crippen molar-refractivity contribution in [2.24, 2.45) is 0 Å². The van der Waals surface area contributed by atoms with Crippen LogP contribution in [0.25, 0.3) is 5.76 Å². The zero-order chi connectivity index (χ0) is 20.4. The summed E-state index contributed by atoms with van der Waals surface area (Å²) in [6.07, 6.45) is 0. The number of carbonyl (C=O) groups excluding carboxylic acids is 2. The molecule has 1 fully saturated rings. The number of benzene rings is 1. The molecule has 1 N–H and O–H groups in total. The van der Waals surface area contributed by atoms with E-state index >= 15 is 0 Å². The van der Waals surface area contributed by atoms with Gasteiger partial charge in [-0.15, -0.1) is 11.3 Å². The molecule has 148 valence electrons. The molecule has 1 atom stereocenters. The number of amides is 1. The molecule has 28 heavy (non-hydrogen) atoms. The number of hydrogen-bond donors (Lipinski definition) is 1. The third-order valence-electron chi connectivity index (χ3n) is 4.81. The van der Waals surface area contributed by atoms with E-state index < -0.39 is 17.7 Å². The first-order valence-electron chi connectivity index (χ1n) is 8.96. The number of aliphatic hydroxyl groups excluding tert-OH is 1. The van der Waals surface area contributed by atoms with Crippen LogP contribution in [0.15, 0.2) is 41.3 Å². The molecule has 7 heteroatoms. The Labute approximate surface area is 168 Å². The quantitative estimate of drug-likeness (QED) is 0.459. The second-order valence-corrected chi connectivity index (χ2v) is 7.97. The lowest BCUT2D eigenvalue weighted by atomic mass is 9.99. The molecule has 1 aliphatic heterocycles. The smallest absolute Gasteiger partial charge is 0.295 e. The topological polar surface area (TPSA) is 70.1 Å². The minimum Gasteiger partial charge on any atom is -0.507 e. The number of carbonyl (C=O) groups is 2. The van der Waals surface area contributed by atoms with Crippen molar-refractivity contribution in [1.82, 2.24) is 9.80 Å². The summed E-state index contributed by atoms with van der Waals surface area (Å²) >= 11 is 1.46. The van der Waals surface area contributed by atoms with Crippen molar-refractivity contribution in [2.75, 3.05) is 34.3 Å². The summed E-state index contributed by atoms with van der Waals surface area (Å²) in [6, 6.07) is 8.38. The Morgan fingerprint density at radius 2 is 2.04 bits per heavy atom.